The molecule has 4 atom stereocenters. The molecule has 4 amide bonds. The Kier molecular flexibility index (Phi) is 17.3. The Morgan fingerprint density at radius 2 is 1.63 bits per heavy atom. The second kappa shape index (κ2) is 22.4. The topological polar surface area (TPSA) is 170 Å². The van der Waals surface area contributed by atoms with Gasteiger partial charge in [0.25, 0.3) is 5.91 Å². The van der Waals surface area contributed by atoms with Crippen molar-refractivity contribution >= 4 is 41.4 Å². The molecular weight excluding hydrogens is 689 g/mol. The van der Waals surface area contributed by atoms with Crippen LogP contribution in [0.15, 0.2) is 54.6 Å². The summed E-state index contributed by atoms with van der Waals surface area (Å²) in [6, 6.07) is 15.4. The predicted molar refractivity (Wildman–Crippen MR) is 196 cm³/mol. The number of thioether (sulfide) groups is 1. The van der Waals surface area contributed by atoms with Gasteiger partial charge in [-0.1, -0.05) is 48.9 Å². The number of Topliss-reactive ketones (excluding diaryl/α,β-unsaturated/α-hetero) is 1. The lowest BCUT2D eigenvalue weighted by Crippen LogP contribution is -2.36. The van der Waals surface area contributed by atoms with Crippen molar-refractivity contribution in [3.63, 3.8) is 0 Å². The fourth-order valence-electron chi connectivity index (χ4n) is 5.73. The van der Waals surface area contributed by atoms with Crippen molar-refractivity contribution in [1.82, 2.24) is 21.3 Å². The summed E-state index contributed by atoms with van der Waals surface area (Å²) in [4.78, 5) is 61.8. The number of carbonyl (C=O) groups is 5. The van der Waals surface area contributed by atoms with Crippen LogP contribution in [0.3, 0.4) is 0 Å². The molecule has 4 rings (SSSR count). The molecule has 13 nitrogen and oxygen atoms in total. The molecule has 4 N–H and O–H groups in total. The van der Waals surface area contributed by atoms with E-state index in [1.807, 2.05) is 11.8 Å². The highest BCUT2D eigenvalue weighted by molar-refractivity contribution is 8.00. The number of carbonyl (C=O) groups excluding carboxylic acids is 5. The van der Waals surface area contributed by atoms with Crippen molar-refractivity contribution in [3.8, 4) is 18.1 Å². The summed E-state index contributed by atoms with van der Waals surface area (Å²) in [5, 5.41) is 11.9. The number of unbranched alkanes of at least 4 members (excludes halogenated alkanes) is 2. The van der Waals surface area contributed by atoms with Crippen LogP contribution in [0.2, 0.25) is 0 Å². The average Bonchev–Trinajstić information content (AvgIpc) is 3.71. The van der Waals surface area contributed by atoms with Crippen LogP contribution in [0.5, 0.6) is 5.75 Å². The molecule has 2 aromatic carbocycles. The van der Waals surface area contributed by atoms with E-state index >= 15 is 0 Å². The maximum Gasteiger partial charge on any atom is 0.315 e. The Hall–Kier alpha value is -4.58. The third-order valence-corrected chi connectivity index (χ3v) is 9.88. The van der Waals surface area contributed by atoms with E-state index in [1.54, 1.807) is 54.6 Å². The first-order valence-electron chi connectivity index (χ1n) is 17.7. The van der Waals surface area contributed by atoms with Crippen LogP contribution in [0.25, 0.3) is 0 Å². The molecule has 2 heterocycles. The molecule has 2 aromatic rings. The van der Waals surface area contributed by atoms with E-state index in [0.29, 0.717) is 67.8 Å². The number of esters is 1. The standard InChI is InChI=1S/C38H48N4O9S/c1-2-3-5-17-34(45)51-37(36(46)27-11-6-4-7-12-27)28-13-10-14-29(24-28)50-25-33(44)40-19-21-49-23-22-48-20-18-39-32(43)16-9-8-15-31-35-30(26-52-31)41-38(47)42-35/h1,4,6-7,10-14,24,30-31,35,37H,3,5,8-9,15-23,25-26H2,(H,39,43)(H,40,44)(H2,41,42,47)/t30-,31-,35-,37?/m0/s1. The zero-order valence-corrected chi connectivity index (χ0v) is 30.1. The Balaban J connectivity index is 1.03. The lowest BCUT2D eigenvalue weighted by molar-refractivity contribution is -0.147. The van der Waals surface area contributed by atoms with Crippen molar-refractivity contribution in [2.75, 3.05) is 51.9 Å². The van der Waals surface area contributed by atoms with Crippen LogP contribution in [0.4, 0.5) is 4.79 Å². The van der Waals surface area contributed by atoms with Gasteiger partial charge in [-0.05, 0) is 31.4 Å². The molecule has 52 heavy (non-hydrogen) atoms. The minimum absolute atomic E-state index is 0.00393. The smallest absolute Gasteiger partial charge is 0.315 e. The van der Waals surface area contributed by atoms with E-state index in [4.69, 9.17) is 25.4 Å². The van der Waals surface area contributed by atoms with Crippen molar-refractivity contribution in [3.05, 3.63) is 65.7 Å². The van der Waals surface area contributed by atoms with Crippen LogP contribution < -0.4 is 26.0 Å². The van der Waals surface area contributed by atoms with Crippen LogP contribution in [0.1, 0.15) is 67.0 Å². The number of ether oxygens (including phenoxy) is 4. The number of hydrogen-bond acceptors (Lipinski definition) is 10. The Morgan fingerprint density at radius 1 is 0.885 bits per heavy atom. The highest BCUT2D eigenvalue weighted by Gasteiger charge is 2.42. The number of terminal acetylenes is 1. The zero-order valence-electron chi connectivity index (χ0n) is 29.3. The normalized spacial score (nSPS) is 17.9. The van der Waals surface area contributed by atoms with Gasteiger partial charge in [0.05, 0.1) is 38.5 Å². The number of urea groups is 1. The second-order valence-electron chi connectivity index (χ2n) is 12.3. The summed E-state index contributed by atoms with van der Waals surface area (Å²) >= 11 is 1.88. The van der Waals surface area contributed by atoms with Crippen molar-refractivity contribution < 1.29 is 42.9 Å². The largest absolute Gasteiger partial charge is 0.484 e. The summed E-state index contributed by atoms with van der Waals surface area (Å²) in [6.07, 6.45) is 8.23. The number of fused-ring (bicyclic) bond motifs is 1. The maximum absolute atomic E-state index is 13.3. The monoisotopic (exact) mass is 736 g/mol. The van der Waals surface area contributed by atoms with Gasteiger partial charge in [0, 0.05) is 54.5 Å². The van der Waals surface area contributed by atoms with Gasteiger partial charge in [0.2, 0.25) is 11.7 Å². The van der Waals surface area contributed by atoms with Gasteiger partial charge in [-0.15, -0.1) is 12.3 Å². The van der Waals surface area contributed by atoms with Crippen molar-refractivity contribution in [2.24, 2.45) is 0 Å². The predicted octanol–water partition coefficient (Wildman–Crippen LogP) is 3.33. The maximum atomic E-state index is 13.3. The van der Waals surface area contributed by atoms with Gasteiger partial charge in [0.15, 0.2) is 12.7 Å². The molecule has 2 aliphatic rings. The summed E-state index contributed by atoms with van der Waals surface area (Å²) in [7, 11) is 0. The van der Waals surface area contributed by atoms with Gasteiger partial charge in [-0.3, -0.25) is 19.2 Å². The molecule has 2 fully saturated rings. The summed E-state index contributed by atoms with van der Waals surface area (Å²) in [5.74, 6) is 2.47. The molecule has 0 aromatic heterocycles. The fraction of sp³-hybridized carbons (Fsp3) is 0.500. The molecule has 0 spiro atoms. The molecule has 0 radical (unpaired) electrons. The summed E-state index contributed by atoms with van der Waals surface area (Å²) in [5.41, 5.74) is 0.807. The number of ketones is 1. The van der Waals surface area contributed by atoms with E-state index in [2.05, 4.69) is 27.2 Å². The van der Waals surface area contributed by atoms with Crippen LogP contribution >= 0.6 is 11.8 Å². The minimum atomic E-state index is -1.19. The summed E-state index contributed by atoms with van der Waals surface area (Å²) < 4.78 is 22.3. The minimum Gasteiger partial charge on any atom is -0.484 e. The Labute approximate surface area is 309 Å². The Bertz CT molecular complexity index is 1520. The average molecular weight is 737 g/mol. The highest BCUT2D eigenvalue weighted by atomic mass is 32.2. The first-order valence-corrected chi connectivity index (χ1v) is 18.7. The van der Waals surface area contributed by atoms with Crippen LogP contribution in [0, 0.1) is 12.3 Å². The van der Waals surface area contributed by atoms with E-state index in [1.165, 1.54) is 0 Å². The number of nitrogens with one attached hydrogen (secondary N) is 4. The van der Waals surface area contributed by atoms with E-state index in [9.17, 15) is 24.0 Å². The molecule has 14 heteroatoms. The highest BCUT2D eigenvalue weighted by Crippen LogP contribution is 2.33. The van der Waals surface area contributed by atoms with E-state index < -0.39 is 12.1 Å². The third kappa shape index (κ3) is 13.9. The first-order chi connectivity index (χ1) is 25.3. The van der Waals surface area contributed by atoms with Gasteiger partial charge >= 0.3 is 12.0 Å². The number of benzene rings is 2. The lowest BCUT2D eigenvalue weighted by atomic mass is 9.99. The quantitative estimate of drug-likeness (QED) is 0.0412. The van der Waals surface area contributed by atoms with Crippen LogP contribution in [-0.2, 0) is 28.6 Å². The molecule has 0 bridgehead atoms. The lowest BCUT2D eigenvalue weighted by Gasteiger charge is -2.18. The molecule has 1 unspecified atom stereocenters. The molecule has 280 valence electrons. The Morgan fingerprint density at radius 3 is 2.38 bits per heavy atom. The van der Waals surface area contributed by atoms with Gasteiger partial charge in [-0.25, -0.2) is 4.79 Å². The van der Waals surface area contributed by atoms with Crippen LogP contribution in [-0.4, -0.2) is 98.8 Å². The van der Waals surface area contributed by atoms with Gasteiger partial charge in [-0.2, -0.15) is 11.8 Å². The third-order valence-electron chi connectivity index (χ3n) is 8.37. The molecule has 0 aliphatic carbocycles. The summed E-state index contributed by atoms with van der Waals surface area (Å²) in [6.45, 7) is 1.76. The fourth-order valence-corrected chi connectivity index (χ4v) is 7.27. The number of hydrogen-bond donors (Lipinski definition) is 4. The van der Waals surface area contributed by atoms with Crippen molar-refractivity contribution in [1.29, 1.82) is 0 Å². The van der Waals surface area contributed by atoms with Gasteiger partial charge < -0.3 is 40.2 Å². The van der Waals surface area contributed by atoms with E-state index in [0.717, 1.165) is 25.0 Å². The second-order valence-corrected chi connectivity index (χ2v) is 13.6. The molecular formula is C38H48N4O9S. The molecule has 0 saturated carbocycles. The number of amides is 4. The van der Waals surface area contributed by atoms with Crippen molar-refractivity contribution in [2.45, 2.75) is 68.4 Å². The van der Waals surface area contributed by atoms with E-state index in [-0.39, 0.29) is 61.9 Å². The first kappa shape index (κ1) is 40.2. The van der Waals surface area contributed by atoms with Gasteiger partial charge in [0.1, 0.15) is 5.75 Å². The molecule has 2 aliphatic heterocycles. The zero-order chi connectivity index (χ0) is 37.0. The SMILES string of the molecule is C#CCCCC(=O)OC(C(=O)c1ccccc1)c1cccc(OCC(=O)NCCOCCOCCNC(=O)CCCC[C@@H]2SC[C@@H]3NC(=O)N[C@@H]32)c1. The number of rotatable bonds is 24. The molecule has 2 saturated heterocycles.